The molecule has 110 valence electrons. The summed E-state index contributed by atoms with van der Waals surface area (Å²) in [5.74, 6) is -1.03. The fraction of sp³-hybridized carbons (Fsp3) is 0.667. The molecule has 0 unspecified atom stereocenters. The summed E-state index contributed by atoms with van der Waals surface area (Å²) in [6.07, 6.45) is 2.79. The van der Waals surface area contributed by atoms with Gasteiger partial charge in [0.05, 0.1) is 5.41 Å². The molecule has 0 bridgehead atoms. The molecular weight excluding hydrogens is 264 g/mol. The average Bonchev–Trinajstić information content (AvgIpc) is 2.84. The first-order valence-electron chi connectivity index (χ1n) is 6.54. The number of hydrogen-bond donors (Lipinski definition) is 3. The van der Waals surface area contributed by atoms with Gasteiger partial charge in [-0.25, -0.2) is 4.63 Å². The SMILES string of the molecule is CC1CCC(CNC(=O)c2nonc2N)(C(=O)O)CC1. The summed E-state index contributed by atoms with van der Waals surface area (Å²) in [5, 5.41) is 18.7. The van der Waals surface area contributed by atoms with Crippen molar-refractivity contribution in [2.45, 2.75) is 32.6 Å². The molecule has 1 aromatic heterocycles. The Morgan fingerprint density at radius 3 is 2.60 bits per heavy atom. The molecule has 1 aromatic rings. The summed E-state index contributed by atoms with van der Waals surface area (Å²) >= 11 is 0. The molecule has 20 heavy (non-hydrogen) atoms. The molecule has 4 N–H and O–H groups in total. The Morgan fingerprint density at radius 2 is 2.10 bits per heavy atom. The topological polar surface area (TPSA) is 131 Å². The van der Waals surface area contributed by atoms with Crippen LogP contribution >= 0.6 is 0 Å². The molecule has 0 spiro atoms. The number of aliphatic carboxylic acids is 1. The summed E-state index contributed by atoms with van der Waals surface area (Å²) in [5.41, 5.74) is 4.39. The van der Waals surface area contributed by atoms with Crippen LogP contribution in [0.4, 0.5) is 5.82 Å². The van der Waals surface area contributed by atoms with Gasteiger partial charge < -0.3 is 16.2 Å². The molecular formula is C12H18N4O4. The van der Waals surface area contributed by atoms with E-state index in [1.807, 2.05) is 0 Å². The smallest absolute Gasteiger partial charge is 0.311 e. The van der Waals surface area contributed by atoms with E-state index < -0.39 is 17.3 Å². The number of hydrogen-bond acceptors (Lipinski definition) is 6. The number of nitrogen functional groups attached to an aromatic ring is 1. The first-order chi connectivity index (χ1) is 9.44. The van der Waals surface area contributed by atoms with Crippen molar-refractivity contribution in [3.63, 3.8) is 0 Å². The molecule has 1 amide bonds. The van der Waals surface area contributed by atoms with E-state index >= 15 is 0 Å². The number of carboxylic acids is 1. The lowest BCUT2D eigenvalue weighted by Crippen LogP contribution is -2.45. The van der Waals surface area contributed by atoms with Gasteiger partial charge in [-0.15, -0.1) is 0 Å². The second-order valence-electron chi connectivity index (χ2n) is 5.45. The number of nitrogens with zero attached hydrogens (tertiary/aromatic N) is 2. The van der Waals surface area contributed by atoms with Gasteiger partial charge in [0.1, 0.15) is 0 Å². The van der Waals surface area contributed by atoms with Crippen molar-refractivity contribution >= 4 is 17.7 Å². The predicted octanol–water partition coefficient (Wildman–Crippen LogP) is 0.663. The van der Waals surface area contributed by atoms with Crippen LogP contribution in [0.1, 0.15) is 43.1 Å². The molecule has 0 aromatic carbocycles. The van der Waals surface area contributed by atoms with E-state index in [4.69, 9.17) is 5.73 Å². The molecule has 0 radical (unpaired) electrons. The van der Waals surface area contributed by atoms with Gasteiger partial charge in [0, 0.05) is 6.54 Å². The van der Waals surface area contributed by atoms with Crippen molar-refractivity contribution in [2.24, 2.45) is 11.3 Å². The van der Waals surface area contributed by atoms with Crippen molar-refractivity contribution in [3.05, 3.63) is 5.69 Å². The van der Waals surface area contributed by atoms with Crippen LogP contribution in [0.3, 0.4) is 0 Å². The van der Waals surface area contributed by atoms with Crippen LogP contribution < -0.4 is 11.1 Å². The summed E-state index contributed by atoms with van der Waals surface area (Å²) in [6.45, 7) is 2.16. The number of carboxylic acid groups (broad SMARTS) is 1. The second kappa shape index (κ2) is 5.48. The molecule has 1 heterocycles. The first-order valence-corrected chi connectivity index (χ1v) is 6.54. The summed E-state index contributed by atoms with van der Waals surface area (Å²) in [4.78, 5) is 23.4. The van der Waals surface area contributed by atoms with E-state index in [1.165, 1.54) is 0 Å². The van der Waals surface area contributed by atoms with E-state index in [2.05, 4.69) is 27.2 Å². The highest BCUT2D eigenvalue weighted by Crippen LogP contribution is 2.38. The lowest BCUT2D eigenvalue weighted by atomic mass is 9.71. The zero-order chi connectivity index (χ0) is 14.8. The number of rotatable bonds is 4. The second-order valence-corrected chi connectivity index (χ2v) is 5.45. The summed E-state index contributed by atoms with van der Waals surface area (Å²) in [6, 6.07) is 0. The monoisotopic (exact) mass is 282 g/mol. The largest absolute Gasteiger partial charge is 0.481 e. The lowest BCUT2D eigenvalue weighted by Gasteiger charge is -2.35. The summed E-state index contributed by atoms with van der Waals surface area (Å²) < 4.78 is 4.34. The van der Waals surface area contributed by atoms with E-state index in [-0.39, 0.29) is 18.1 Å². The lowest BCUT2D eigenvalue weighted by molar-refractivity contribution is -0.151. The molecule has 0 aliphatic heterocycles. The van der Waals surface area contributed by atoms with Gasteiger partial charge in [-0.3, -0.25) is 9.59 Å². The normalized spacial score (nSPS) is 26.1. The number of aromatic nitrogens is 2. The van der Waals surface area contributed by atoms with Crippen LogP contribution in [-0.2, 0) is 4.79 Å². The zero-order valence-corrected chi connectivity index (χ0v) is 11.3. The molecule has 2 rings (SSSR count). The third-order valence-electron chi connectivity index (χ3n) is 4.00. The molecule has 1 saturated carbocycles. The van der Waals surface area contributed by atoms with Crippen molar-refractivity contribution < 1.29 is 19.3 Å². The molecule has 8 nitrogen and oxygen atoms in total. The molecule has 1 aliphatic carbocycles. The van der Waals surface area contributed by atoms with Crippen LogP contribution in [0.15, 0.2) is 4.63 Å². The number of amides is 1. The van der Waals surface area contributed by atoms with E-state index in [0.29, 0.717) is 18.8 Å². The van der Waals surface area contributed by atoms with Gasteiger partial charge >= 0.3 is 5.97 Å². The third-order valence-corrected chi connectivity index (χ3v) is 4.00. The molecule has 0 atom stereocenters. The Bertz CT molecular complexity index is 505. The van der Waals surface area contributed by atoms with E-state index in [9.17, 15) is 14.7 Å². The highest BCUT2D eigenvalue weighted by Gasteiger charge is 2.41. The maximum Gasteiger partial charge on any atom is 0.311 e. The van der Waals surface area contributed by atoms with Gasteiger partial charge in [0.2, 0.25) is 11.5 Å². The van der Waals surface area contributed by atoms with Gasteiger partial charge in [-0.1, -0.05) is 6.92 Å². The Balaban J connectivity index is 2.02. The van der Waals surface area contributed by atoms with Gasteiger partial charge in [0.25, 0.3) is 5.91 Å². The minimum Gasteiger partial charge on any atom is -0.481 e. The quantitative estimate of drug-likeness (QED) is 0.739. The van der Waals surface area contributed by atoms with E-state index in [1.54, 1.807) is 0 Å². The molecule has 0 saturated heterocycles. The maximum atomic E-state index is 11.9. The van der Waals surface area contributed by atoms with Crippen molar-refractivity contribution in [3.8, 4) is 0 Å². The van der Waals surface area contributed by atoms with Gasteiger partial charge in [-0.05, 0) is 41.9 Å². The van der Waals surface area contributed by atoms with Crippen LogP contribution in [-0.4, -0.2) is 33.8 Å². The third kappa shape index (κ3) is 2.73. The Morgan fingerprint density at radius 1 is 1.45 bits per heavy atom. The first kappa shape index (κ1) is 14.3. The highest BCUT2D eigenvalue weighted by molar-refractivity contribution is 5.96. The number of carbonyl (C=O) groups is 2. The van der Waals surface area contributed by atoms with Gasteiger partial charge in [0.15, 0.2) is 0 Å². The van der Waals surface area contributed by atoms with Crippen molar-refractivity contribution in [2.75, 3.05) is 12.3 Å². The number of nitrogens with one attached hydrogen (secondary N) is 1. The van der Waals surface area contributed by atoms with E-state index in [0.717, 1.165) is 12.8 Å². The maximum absolute atomic E-state index is 11.9. The van der Waals surface area contributed by atoms with Crippen LogP contribution in [0.5, 0.6) is 0 Å². The summed E-state index contributed by atoms with van der Waals surface area (Å²) in [7, 11) is 0. The highest BCUT2D eigenvalue weighted by atomic mass is 16.6. The minimum atomic E-state index is -0.909. The predicted molar refractivity (Wildman–Crippen MR) is 68.7 cm³/mol. The fourth-order valence-electron chi connectivity index (χ4n) is 2.47. The van der Waals surface area contributed by atoms with Crippen molar-refractivity contribution in [1.29, 1.82) is 0 Å². The fourth-order valence-corrected chi connectivity index (χ4v) is 2.47. The molecule has 1 aliphatic rings. The zero-order valence-electron chi connectivity index (χ0n) is 11.3. The Labute approximate surface area is 115 Å². The van der Waals surface area contributed by atoms with Crippen LogP contribution in [0.25, 0.3) is 0 Å². The number of anilines is 1. The number of carbonyl (C=O) groups excluding carboxylic acids is 1. The van der Waals surface area contributed by atoms with Crippen LogP contribution in [0, 0.1) is 11.3 Å². The molecule has 1 fully saturated rings. The Hall–Kier alpha value is -2.12. The number of nitrogens with two attached hydrogens (primary N) is 1. The van der Waals surface area contributed by atoms with Crippen LogP contribution in [0.2, 0.25) is 0 Å². The standard InChI is InChI=1S/C12H18N4O4/c1-7-2-4-12(5-3-7,11(18)19)6-14-10(17)8-9(13)16-20-15-8/h7H,2-6H2,1H3,(H2,13,16)(H,14,17)(H,18,19). The minimum absolute atomic E-state index is 0.0557. The molecule has 8 heteroatoms. The Kier molecular flexibility index (Phi) is 3.91. The van der Waals surface area contributed by atoms with Gasteiger partial charge in [-0.2, -0.15) is 0 Å². The van der Waals surface area contributed by atoms with Crippen molar-refractivity contribution in [1.82, 2.24) is 15.6 Å². The average molecular weight is 282 g/mol.